The third-order valence-electron chi connectivity index (χ3n) is 4.90. The van der Waals surface area contributed by atoms with Crippen LogP contribution >= 0.6 is 0 Å². The molecule has 2 fully saturated rings. The van der Waals surface area contributed by atoms with Crippen molar-refractivity contribution in [3.8, 4) is 0 Å². The average Bonchev–Trinajstić information content (AvgIpc) is 2.94. The summed E-state index contributed by atoms with van der Waals surface area (Å²) in [6.07, 6.45) is 9.49. The minimum atomic E-state index is -0.0534. The summed E-state index contributed by atoms with van der Waals surface area (Å²) in [7, 11) is 0. The maximum absolute atomic E-state index is 12.2. The highest BCUT2D eigenvalue weighted by molar-refractivity contribution is 5.92. The summed E-state index contributed by atoms with van der Waals surface area (Å²) in [6, 6.07) is 2.21. The van der Waals surface area contributed by atoms with Crippen molar-refractivity contribution in [2.24, 2.45) is 0 Å². The minimum Gasteiger partial charge on any atom is -0.349 e. The normalized spacial score (nSPS) is 23.4. The quantitative estimate of drug-likeness (QED) is 0.861. The molecule has 1 amide bonds. The molecule has 6 nitrogen and oxygen atoms in total. The first kappa shape index (κ1) is 16.5. The highest BCUT2D eigenvalue weighted by Crippen LogP contribution is 2.15. The molecular weight excluding hydrogens is 290 g/mol. The standard InChI is InChI=1S/C17H29N5O/c23-17(19-9-13-21-10-3-1-2-4-11-21)16-7-12-22(20-16)15-6-5-8-18-14-15/h7,12,15,18H,1-6,8-11,13-14H2,(H,19,23). The van der Waals surface area contributed by atoms with E-state index in [4.69, 9.17) is 0 Å². The number of hydrogen-bond acceptors (Lipinski definition) is 4. The van der Waals surface area contributed by atoms with Gasteiger partial charge in [-0.15, -0.1) is 0 Å². The molecule has 1 atom stereocenters. The van der Waals surface area contributed by atoms with Crippen molar-refractivity contribution < 1.29 is 4.79 Å². The first-order chi connectivity index (χ1) is 11.3. The summed E-state index contributed by atoms with van der Waals surface area (Å²) in [4.78, 5) is 14.7. The Balaban J connectivity index is 1.43. The number of carbonyl (C=O) groups excluding carboxylic acids is 1. The molecule has 0 aliphatic carbocycles. The van der Waals surface area contributed by atoms with E-state index < -0.39 is 0 Å². The third kappa shape index (κ3) is 4.78. The zero-order chi connectivity index (χ0) is 15.9. The summed E-state index contributed by atoms with van der Waals surface area (Å²) in [5.74, 6) is -0.0534. The van der Waals surface area contributed by atoms with Crippen LogP contribution in [0.4, 0.5) is 0 Å². The number of amides is 1. The molecule has 1 unspecified atom stereocenters. The fourth-order valence-corrected chi connectivity index (χ4v) is 3.50. The molecule has 6 heteroatoms. The van der Waals surface area contributed by atoms with Crippen molar-refractivity contribution in [2.45, 2.75) is 44.6 Å². The number of nitrogens with zero attached hydrogens (tertiary/aromatic N) is 3. The lowest BCUT2D eigenvalue weighted by molar-refractivity contribution is 0.0942. The largest absolute Gasteiger partial charge is 0.349 e. The molecule has 23 heavy (non-hydrogen) atoms. The first-order valence-corrected chi connectivity index (χ1v) is 9.09. The van der Waals surface area contributed by atoms with Crippen molar-refractivity contribution in [3.63, 3.8) is 0 Å². The topological polar surface area (TPSA) is 62.2 Å². The highest BCUT2D eigenvalue weighted by Gasteiger charge is 2.17. The lowest BCUT2D eigenvalue weighted by atomic mass is 10.1. The van der Waals surface area contributed by atoms with Gasteiger partial charge < -0.3 is 15.5 Å². The Morgan fingerprint density at radius 2 is 2.09 bits per heavy atom. The number of rotatable bonds is 5. The van der Waals surface area contributed by atoms with E-state index in [9.17, 15) is 4.79 Å². The van der Waals surface area contributed by atoms with Gasteiger partial charge in [0.25, 0.3) is 5.91 Å². The Bertz CT molecular complexity index is 487. The van der Waals surface area contributed by atoms with Crippen LogP contribution in [-0.2, 0) is 0 Å². The number of nitrogens with one attached hydrogen (secondary N) is 2. The Morgan fingerprint density at radius 3 is 2.83 bits per heavy atom. The molecule has 0 radical (unpaired) electrons. The van der Waals surface area contributed by atoms with Gasteiger partial charge in [0, 0.05) is 25.8 Å². The molecule has 2 aliphatic rings. The molecule has 1 aromatic heterocycles. The number of aromatic nitrogens is 2. The van der Waals surface area contributed by atoms with E-state index in [-0.39, 0.29) is 5.91 Å². The summed E-state index contributed by atoms with van der Waals surface area (Å²) >= 11 is 0. The van der Waals surface area contributed by atoms with Gasteiger partial charge in [-0.2, -0.15) is 5.10 Å². The summed E-state index contributed by atoms with van der Waals surface area (Å²) in [6.45, 7) is 6.01. The minimum absolute atomic E-state index is 0.0534. The lowest BCUT2D eigenvalue weighted by Crippen LogP contribution is -2.36. The molecule has 2 saturated heterocycles. The van der Waals surface area contributed by atoms with Crippen molar-refractivity contribution in [3.05, 3.63) is 18.0 Å². The number of piperidine rings is 1. The molecular formula is C17H29N5O. The summed E-state index contributed by atoms with van der Waals surface area (Å²) < 4.78 is 1.94. The molecule has 2 N–H and O–H groups in total. The van der Waals surface area contributed by atoms with Crippen LogP contribution in [0, 0.1) is 0 Å². The fourth-order valence-electron chi connectivity index (χ4n) is 3.50. The SMILES string of the molecule is O=C(NCCN1CCCCCC1)c1ccn(C2CCCNC2)n1. The molecule has 0 bridgehead atoms. The summed E-state index contributed by atoms with van der Waals surface area (Å²) in [5, 5.41) is 10.9. The van der Waals surface area contributed by atoms with Gasteiger partial charge in [0.2, 0.25) is 0 Å². The second kappa shape index (κ2) is 8.45. The molecule has 3 rings (SSSR count). The first-order valence-electron chi connectivity index (χ1n) is 9.09. The van der Waals surface area contributed by atoms with E-state index in [1.165, 1.54) is 45.2 Å². The van der Waals surface area contributed by atoms with Gasteiger partial charge in [-0.05, 0) is 51.4 Å². The lowest BCUT2D eigenvalue weighted by Gasteiger charge is -2.22. The maximum atomic E-state index is 12.2. The monoisotopic (exact) mass is 319 g/mol. The van der Waals surface area contributed by atoms with Gasteiger partial charge in [-0.25, -0.2) is 0 Å². The molecule has 1 aromatic rings. The highest BCUT2D eigenvalue weighted by atomic mass is 16.1. The summed E-state index contributed by atoms with van der Waals surface area (Å²) in [5.41, 5.74) is 0.534. The van der Waals surface area contributed by atoms with Crippen molar-refractivity contribution >= 4 is 5.91 Å². The van der Waals surface area contributed by atoms with Crippen LogP contribution in [0.15, 0.2) is 12.3 Å². The van der Waals surface area contributed by atoms with Gasteiger partial charge in [-0.3, -0.25) is 9.48 Å². The van der Waals surface area contributed by atoms with E-state index >= 15 is 0 Å². The second-order valence-electron chi connectivity index (χ2n) is 6.69. The second-order valence-corrected chi connectivity index (χ2v) is 6.69. The maximum Gasteiger partial charge on any atom is 0.271 e. The van der Waals surface area contributed by atoms with Crippen LogP contribution in [0.1, 0.15) is 55.1 Å². The van der Waals surface area contributed by atoms with Gasteiger partial charge in [-0.1, -0.05) is 12.8 Å². The van der Waals surface area contributed by atoms with E-state index in [0.717, 1.165) is 26.1 Å². The van der Waals surface area contributed by atoms with Gasteiger partial charge >= 0.3 is 0 Å². The van der Waals surface area contributed by atoms with Crippen LogP contribution in [-0.4, -0.2) is 59.9 Å². The van der Waals surface area contributed by atoms with E-state index in [2.05, 4.69) is 20.6 Å². The smallest absolute Gasteiger partial charge is 0.271 e. The molecule has 2 aliphatic heterocycles. The molecule has 0 spiro atoms. The fraction of sp³-hybridized carbons (Fsp3) is 0.765. The Kier molecular flexibility index (Phi) is 6.05. The molecule has 3 heterocycles. The van der Waals surface area contributed by atoms with E-state index in [1.54, 1.807) is 0 Å². The number of likely N-dealkylation sites (tertiary alicyclic amines) is 1. The Labute approximate surface area is 138 Å². The molecule has 0 aromatic carbocycles. The van der Waals surface area contributed by atoms with Gasteiger partial charge in [0.15, 0.2) is 0 Å². The van der Waals surface area contributed by atoms with Crippen molar-refractivity contribution in [2.75, 3.05) is 39.3 Å². The van der Waals surface area contributed by atoms with E-state index in [1.807, 2.05) is 16.9 Å². The van der Waals surface area contributed by atoms with Crippen LogP contribution in [0.2, 0.25) is 0 Å². The number of carbonyl (C=O) groups is 1. The van der Waals surface area contributed by atoms with Crippen LogP contribution in [0.25, 0.3) is 0 Å². The van der Waals surface area contributed by atoms with Crippen molar-refractivity contribution in [1.82, 2.24) is 25.3 Å². The molecule has 0 saturated carbocycles. The number of hydrogen-bond donors (Lipinski definition) is 2. The zero-order valence-electron chi connectivity index (χ0n) is 14.0. The third-order valence-corrected chi connectivity index (χ3v) is 4.90. The van der Waals surface area contributed by atoms with Crippen LogP contribution in [0.3, 0.4) is 0 Å². The predicted molar refractivity (Wildman–Crippen MR) is 90.6 cm³/mol. The zero-order valence-corrected chi connectivity index (χ0v) is 14.0. The molecule has 128 valence electrons. The van der Waals surface area contributed by atoms with Crippen LogP contribution < -0.4 is 10.6 Å². The van der Waals surface area contributed by atoms with E-state index in [0.29, 0.717) is 18.3 Å². The van der Waals surface area contributed by atoms with Gasteiger partial charge in [0.1, 0.15) is 5.69 Å². The van der Waals surface area contributed by atoms with Gasteiger partial charge in [0.05, 0.1) is 6.04 Å². The van der Waals surface area contributed by atoms with Crippen molar-refractivity contribution in [1.29, 1.82) is 0 Å². The predicted octanol–water partition coefficient (Wildman–Crippen LogP) is 1.41. The average molecular weight is 319 g/mol. The Morgan fingerprint density at radius 1 is 1.26 bits per heavy atom. The Hall–Kier alpha value is -1.40. The van der Waals surface area contributed by atoms with Crippen LogP contribution in [0.5, 0.6) is 0 Å².